The lowest BCUT2D eigenvalue weighted by atomic mass is 10.7. The maximum absolute atomic E-state index is 9.10. The van der Waals surface area contributed by atoms with Gasteiger partial charge in [0.2, 0.25) is 0 Å². The molecule has 0 aliphatic carbocycles. The van der Waals surface area contributed by atoms with E-state index in [1.807, 2.05) is 0 Å². The van der Waals surface area contributed by atoms with E-state index in [0.717, 1.165) is 6.29 Å². The van der Waals surface area contributed by atoms with Crippen molar-refractivity contribution in [2.75, 3.05) is 0 Å². The second-order valence-corrected chi connectivity index (χ2v) is 0.846. The minimum atomic E-state index is -1.82. The Morgan fingerprint density at radius 1 is 1.22 bits per heavy atom. The van der Waals surface area contributed by atoms with Crippen molar-refractivity contribution < 1.29 is 24.6 Å². The van der Waals surface area contributed by atoms with Crippen LogP contribution < -0.4 is 0 Å². The molecule has 0 aromatic carbocycles. The highest BCUT2D eigenvalue weighted by Gasteiger charge is 2.04. The zero-order chi connectivity index (χ0) is 7.86. The lowest BCUT2D eigenvalue weighted by Crippen LogP contribution is -2.09. The molecule has 0 spiro atoms. The highest BCUT2D eigenvalue weighted by molar-refractivity contribution is 6.27. The first-order valence-corrected chi connectivity index (χ1v) is 1.92. The zero-order valence-corrected chi connectivity index (χ0v) is 4.70. The summed E-state index contributed by atoms with van der Waals surface area (Å²) in [4.78, 5) is 27.0. The molecule has 0 unspecified atom stereocenters. The summed E-state index contributed by atoms with van der Waals surface area (Å²) < 4.78 is 0. The fourth-order valence-electron chi connectivity index (χ4n) is 0. The molecule has 0 aliphatic rings. The van der Waals surface area contributed by atoms with Crippen LogP contribution in [0.5, 0.6) is 0 Å². The number of hydrogen-bond acceptors (Lipinski definition) is 3. The molecule has 2 N–H and O–H groups in total. The molecule has 0 heterocycles. The molecule has 0 saturated heterocycles. The molecule has 0 rings (SSSR count). The molecule has 5 heteroatoms. The van der Waals surface area contributed by atoms with Gasteiger partial charge in [0.1, 0.15) is 6.29 Å². The Labute approximate surface area is 50.9 Å². The Morgan fingerprint density at radius 2 is 1.33 bits per heavy atom. The number of aldehydes is 1. The fraction of sp³-hybridized carbons (Fsp3) is 0.250. The van der Waals surface area contributed by atoms with Crippen molar-refractivity contribution >= 4 is 18.2 Å². The molecule has 0 bridgehead atoms. The van der Waals surface area contributed by atoms with Crippen molar-refractivity contribution in [1.29, 1.82) is 0 Å². The van der Waals surface area contributed by atoms with Crippen molar-refractivity contribution in [2.24, 2.45) is 0 Å². The molecule has 0 atom stereocenters. The van der Waals surface area contributed by atoms with Crippen LogP contribution in [0.15, 0.2) is 0 Å². The lowest BCUT2D eigenvalue weighted by molar-refractivity contribution is -0.159. The second kappa shape index (κ2) is 6.61. The SMILES string of the molecule is CC=O.O=C(O)C(=O)O. The Bertz CT molecular complexity index is 104. The maximum atomic E-state index is 9.10. The predicted octanol–water partition coefficient (Wildman–Crippen LogP) is -0.639. The van der Waals surface area contributed by atoms with Crippen LogP contribution in [0.4, 0.5) is 0 Å². The number of carboxylic acids is 2. The minimum Gasteiger partial charge on any atom is -0.473 e. The van der Waals surface area contributed by atoms with Crippen LogP contribution in [0.2, 0.25) is 0 Å². The van der Waals surface area contributed by atoms with Gasteiger partial charge in [-0.1, -0.05) is 0 Å². The van der Waals surface area contributed by atoms with E-state index in [4.69, 9.17) is 24.6 Å². The second-order valence-electron chi connectivity index (χ2n) is 0.846. The lowest BCUT2D eigenvalue weighted by Gasteiger charge is -1.72. The molecule has 0 radical (unpaired) electrons. The van der Waals surface area contributed by atoms with E-state index in [-0.39, 0.29) is 0 Å². The summed E-state index contributed by atoms with van der Waals surface area (Å²) in [6.45, 7) is 1.44. The normalized spacial score (nSPS) is 6.33. The van der Waals surface area contributed by atoms with E-state index >= 15 is 0 Å². The van der Waals surface area contributed by atoms with Crippen molar-refractivity contribution in [1.82, 2.24) is 0 Å². The van der Waals surface area contributed by atoms with Gasteiger partial charge < -0.3 is 15.0 Å². The van der Waals surface area contributed by atoms with E-state index in [9.17, 15) is 0 Å². The largest absolute Gasteiger partial charge is 0.473 e. The van der Waals surface area contributed by atoms with Crippen molar-refractivity contribution in [2.45, 2.75) is 6.92 Å². The summed E-state index contributed by atoms with van der Waals surface area (Å²) in [6.07, 6.45) is 0.750. The molecule has 0 saturated carbocycles. The van der Waals surface area contributed by atoms with E-state index in [1.54, 1.807) is 0 Å². The van der Waals surface area contributed by atoms with Crippen molar-refractivity contribution in [3.63, 3.8) is 0 Å². The predicted molar refractivity (Wildman–Crippen MR) is 27.0 cm³/mol. The molecule has 5 nitrogen and oxygen atoms in total. The van der Waals surface area contributed by atoms with Crippen LogP contribution in [0.3, 0.4) is 0 Å². The molecule has 0 fully saturated rings. The zero-order valence-electron chi connectivity index (χ0n) is 4.70. The molecule has 0 amide bonds. The van der Waals surface area contributed by atoms with Gasteiger partial charge in [0.25, 0.3) is 0 Å². The van der Waals surface area contributed by atoms with E-state index < -0.39 is 11.9 Å². The van der Waals surface area contributed by atoms with Gasteiger partial charge in [-0.05, 0) is 6.92 Å². The van der Waals surface area contributed by atoms with Gasteiger partial charge in [0, 0.05) is 0 Å². The third kappa shape index (κ3) is 20.6. The first kappa shape index (κ1) is 10.6. The summed E-state index contributed by atoms with van der Waals surface area (Å²) in [5, 5.41) is 14.8. The first-order chi connectivity index (χ1) is 4.06. The van der Waals surface area contributed by atoms with Crippen LogP contribution in [0.25, 0.3) is 0 Å². The third-order valence-electron chi connectivity index (χ3n) is 0.183. The monoisotopic (exact) mass is 134 g/mol. The number of carbonyl (C=O) groups excluding carboxylic acids is 1. The van der Waals surface area contributed by atoms with Crippen molar-refractivity contribution in [3.8, 4) is 0 Å². The summed E-state index contributed by atoms with van der Waals surface area (Å²) in [5.41, 5.74) is 0. The van der Waals surface area contributed by atoms with Crippen LogP contribution in [-0.2, 0) is 14.4 Å². The van der Waals surface area contributed by atoms with Gasteiger partial charge in [-0.25, -0.2) is 9.59 Å². The Hall–Kier alpha value is -1.39. The Morgan fingerprint density at radius 3 is 1.33 bits per heavy atom. The molecule has 0 aliphatic heterocycles. The fourth-order valence-corrected chi connectivity index (χ4v) is 0. The van der Waals surface area contributed by atoms with Crippen LogP contribution in [0.1, 0.15) is 6.92 Å². The van der Waals surface area contributed by atoms with Gasteiger partial charge in [0.15, 0.2) is 0 Å². The van der Waals surface area contributed by atoms with Gasteiger partial charge in [-0.3, -0.25) is 0 Å². The van der Waals surface area contributed by atoms with Crippen molar-refractivity contribution in [3.05, 3.63) is 0 Å². The molecule has 52 valence electrons. The maximum Gasteiger partial charge on any atom is 0.414 e. The Balaban J connectivity index is 0. The van der Waals surface area contributed by atoms with Crippen LogP contribution in [0, 0.1) is 0 Å². The summed E-state index contributed by atoms with van der Waals surface area (Å²) in [5.74, 6) is -3.65. The standard InChI is InChI=1S/C2H2O4.C2H4O/c3-1(4)2(5)6;1-2-3/h(H,3,4)(H,5,6);2H,1H3. The Kier molecular flexibility index (Phi) is 7.76. The highest BCUT2D eigenvalue weighted by atomic mass is 16.4. The summed E-state index contributed by atoms with van der Waals surface area (Å²) >= 11 is 0. The van der Waals surface area contributed by atoms with Gasteiger partial charge >= 0.3 is 11.9 Å². The molecule has 0 aromatic heterocycles. The third-order valence-corrected chi connectivity index (χ3v) is 0.183. The average Bonchev–Trinajstić information content (AvgIpc) is 1.68. The number of rotatable bonds is 0. The van der Waals surface area contributed by atoms with E-state index in [0.29, 0.717) is 0 Å². The molecular weight excluding hydrogens is 128 g/mol. The highest BCUT2D eigenvalue weighted by Crippen LogP contribution is 1.56. The van der Waals surface area contributed by atoms with Gasteiger partial charge in [-0.15, -0.1) is 0 Å². The first-order valence-electron chi connectivity index (χ1n) is 1.92. The molecule has 9 heavy (non-hydrogen) atoms. The van der Waals surface area contributed by atoms with E-state index in [1.165, 1.54) is 6.92 Å². The summed E-state index contributed by atoms with van der Waals surface area (Å²) in [7, 11) is 0. The topological polar surface area (TPSA) is 91.7 Å². The number of carbonyl (C=O) groups is 3. The number of aliphatic carboxylic acids is 2. The molecule has 0 aromatic rings. The average molecular weight is 134 g/mol. The van der Waals surface area contributed by atoms with Gasteiger partial charge in [0.05, 0.1) is 0 Å². The minimum absolute atomic E-state index is 0.750. The smallest absolute Gasteiger partial charge is 0.414 e. The summed E-state index contributed by atoms with van der Waals surface area (Å²) in [6, 6.07) is 0. The number of hydrogen-bond donors (Lipinski definition) is 2. The van der Waals surface area contributed by atoms with Crippen LogP contribution >= 0.6 is 0 Å². The van der Waals surface area contributed by atoms with Crippen LogP contribution in [-0.4, -0.2) is 28.4 Å². The number of carboxylic acid groups (broad SMARTS) is 2. The van der Waals surface area contributed by atoms with E-state index in [2.05, 4.69) is 0 Å². The quantitative estimate of drug-likeness (QED) is 0.339. The molecular formula is C4H6O5. The van der Waals surface area contributed by atoms with Gasteiger partial charge in [-0.2, -0.15) is 0 Å².